The van der Waals surface area contributed by atoms with Crippen LogP contribution in [0.5, 0.6) is 0 Å². The topological polar surface area (TPSA) is 54.5 Å². The minimum atomic E-state index is 0.591. The first-order valence-corrected chi connectivity index (χ1v) is 8.96. The second kappa shape index (κ2) is 7.59. The average molecular weight is 310 g/mol. The molecule has 1 saturated carbocycles. The third-order valence-corrected chi connectivity index (χ3v) is 4.97. The summed E-state index contributed by atoms with van der Waals surface area (Å²) in [6, 6.07) is 4.35. The van der Waals surface area contributed by atoms with Gasteiger partial charge >= 0.3 is 0 Å². The monoisotopic (exact) mass is 310 g/mol. The van der Waals surface area contributed by atoms with Crippen LogP contribution in [0, 0.1) is 24.2 Å². The number of imidazole rings is 1. The Labute approximate surface area is 138 Å². The van der Waals surface area contributed by atoms with Gasteiger partial charge in [-0.2, -0.15) is 5.26 Å². The first kappa shape index (κ1) is 16.0. The molecule has 0 aliphatic heterocycles. The first-order valence-electron chi connectivity index (χ1n) is 8.96. The molecule has 0 aromatic carbocycles. The van der Waals surface area contributed by atoms with Crippen LogP contribution in [0.1, 0.15) is 62.8 Å². The summed E-state index contributed by atoms with van der Waals surface area (Å²) in [5.74, 6) is 2.02. The zero-order valence-electron chi connectivity index (χ0n) is 14.1. The highest BCUT2D eigenvalue weighted by Crippen LogP contribution is 2.28. The van der Waals surface area contributed by atoms with Crippen LogP contribution in [0.4, 0.5) is 0 Å². The first-order chi connectivity index (χ1) is 11.3. The van der Waals surface area contributed by atoms with Crippen molar-refractivity contribution in [2.45, 2.75) is 71.3 Å². The lowest BCUT2D eigenvalue weighted by atomic mass is 9.86. The van der Waals surface area contributed by atoms with E-state index in [9.17, 15) is 0 Å². The summed E-state index contributed by atoms with van der Waals surface area (Å²) in [5.41, 5.74) is 3.13. The number of hydrogen-bond donors (Lipinski definition) is 0. The van der Waals surface area contributed by atoms with Crippen molar-refractivity contribution < 1.29 is 0 Å². The number of pyridine rings is 1. The standard InChI is InChI=1S/C19H26N4/c1-15-13-17-19(21-14-15)23(12-6-5-11-20)18(22-17)10-9-16-7-3-2-4-8-16/h13-14,16H,2-10,12H2,1H3. The van der Waals surface area contributed by atoms with Crippen molar-refractivity contribution in [1.82, 2.24) is 14.5 Å². The molecule has 0 saturated heterocycles. The number of unbranched alkanes of at least 4 members (excludes halogenated alkanes) is 1. The lowest BCUT2D eigenvalue weighted by Gasteiger charge is -2.21. The number of aryl methyl sites for hydroxylation is 3. The average Bonchev–Trinajstić information content (AvgIpc) is 2.91. The molecule has 0 N–H and O–H groups in total. The molecule has 0 amide bonds. The van der Waals surface area contributed by atoms with Gasteiger partial charge in [-0.1, -0.05) is 32.1 Å². The van der Waals surface area contributed by atoms with Crippen LogP contribution in [0.25, 0.3) is 11.2 Å². The number of aromatic nitrogens is 3. The van der Waals surface area contributed by atoms with Crippen molar-refractivity contribution in [2.75, 3.05) is 0 Å². The summed E-state index contributed by atoms with van der Waals surface area (Å²) in [6.07, 6.45) is 12.6. The summed E-state index contributed by atoms with van der Waals surface area (Å²) in [4.78, 5) is 9.45. The van der Waals surface area contributed by atoms with Crippen LogP contribution in [0.3, 0.4) is 0 Å². The Morgan fingerprint density at radius 2 is 2.13 bits per heavy atom. The number of nitrogens with zero attached hydrogens (tertiary/aromatic N) is 4. The van der Waals surface area contributed by atoms with E-state index in [2.05, 4.69) is 28.6 Å². The molecular formula is C19H26N4. The quantitative estimate of drug-likeness (QED) is 0.735. The van der Waals surface area contributed by atoms with Gasteiger partial charge in [0.25, 0.3) is 0 Å². The summed E-state index contributed by atoms with van der Waals surface area (Å²) >= 11 is 0. The molecule has 1 aliphatic rings. The molecule has 23 heavy (non-hydrogen) atoms. The van der Waals surface area contributed by atoms with E-state index in [1.165, 1.54) is 38.5 Å². The second-order valence-electron chi connectivity index (χ2n) is 6.84. The third-order valence-electron chi connectivity index (χ3n) is 4.97. The summed E-state index contributed by atoms with van der Waals surface area (Å²) < 4.78 is 2.24. The van der Waals surface area contributed by atoms with Crippen LogP contribution >= 0.6 is 0 Å². The molecule has 0 spiro atoms. The molecular weight excluding hydrogens is 284 g/mol. The molecule has 0 unspecified atom stereocenters. The number of rotatable bonds is 6. The molecule has 4 heteroatoms. The zero-order valence-corrected chi connectivity index (χ0v) is 14.1. The minimum absolute atomic E-state index is 0.591. The Morgan fingerprint density at radius 3 is 2.91 bits per heavy atom. The number of nitriles is 1. The maximum atomic E-state index is 8.80. The second-order valence-corrected chi connectivity index (χ2v) is 6.84. The fourth-order valence-electron chi connectivity index (χ4n) is 3.71. The molecule has 0 atom stereocenters. The SMILES string of the molecule is Cc1cnc2c(c1)nc(CCC1CCCCC1)n2CCCC#N. The smallest absolute Gasteiger partial charge is 0.160 e. The lowest BCUT2D eigenvalue weighted by Crippen LogP contribution is -2.10. The molecule has 2 heterocycles. The Kier molecular flexibility index (Phi) is 5.27. The molecule has 3 rings (SSSR count). The highest BCUT2D eigenvalue weighted by Gasteiger charge is 2.17. The van der Waals surface area contributed by atoms with Crippen molar-refractivity contribution in [3.63, 3.8) is 0 Å². The normalized spacial score (nSPS) is 15.8. The Balaban J connectivity index is 1.78. The number of hydrogen-bond acceptors (Lipinski definition) is 3. The van der Waals surface area contributed by atoms with E-state index in [0.717, 1.165) is 47.9 Å². The Bertz CT molecular complexity index is 689. The molecule has 2 aromatic rings. The fourth-order valence-corrected chi connectivity index (χ4v) is 3.71. The molecule has 2 aromatic heterocycles. The van der Waals surface area contributed by atoms with E-state index >= 15 is 0 Å². The number of fused-ring (bicyclic) bond motifs is 1. The van der Waals surface area contributed by atoms with Crippen molar-refractivity contribution in [2.24, 2.45) is 5.92 Å². The van der Waals surface area contributed by atoms with Crippen LogP contribution in [0.2, 0.25) is 0 Å². The van der Waals surface area contributed by atoms with Gasteiger partial charge in [-0.05, 0) is 37.3 Å². The van der Waals surface area contributed by atoms with Gasteiger partial charge in [-0.3, -0.25) is 0 Å². The predicted molar refractivity (Wildman–Crippen MR) is 92.0 cm³/mol. The van der Waals surface area contributed by atoms with E-state index in [-0.39, 0.29) is 0 Å². The highest BCUT2D eigenvalue weighted by molar-refractivity contribution is 5.72. The van der Waals surface area contributed by atoms with Gasteiger partial charge in [0, 0.05) is 25.6 Å². The van der Waals surface area contributed by atoms with Gasteiger partial charge in [0.1, 0.15) is 11.3 Å². The van der Waals surface area contributed by atoms with E-state index in [1.54, 1.807) is 0 Å². The van der Waals surface area contributed by atoms with Gasteiger partial charge in [0.05, 0.1) is 6.07 Å². The third kappa shape index (κ3) is 3.90. The van der Waals surface area contributed by atoms with Crippen molar-refractivity contribution in [1.29, 1.82) is 5.26 Å². The maximum Gasteiger partial charge on any atom is 0.160 e. The van der Waals surface area contributed by atoms with E-state index in [1.807, 2.05) is 6.20 Å². The fraction of sp³-hybridized carbons (Fsp3) is 0.632. The van der Waals surface area contributed by atoms with Crippen LogP contribution in [0.15, 0.2) is 12.3 Å². The molecule has 4 nitrogen and oxygen atoms in total. The summed E-state index contributed by atoms with van der Waals surface area (Å²) in [6.45, 7) is 2.91. The largest absolute Gasteiger partial charge is 0.313 e. The van der Waals surface area contributed by atoms with E-state index < -0.39 is 0 Å². The Hall–Kier alpha value is -1.89. The zero-order chi connectivity index (χ0) is 16.1. The molecule has 0 bridgehead atoms. The molecule has 0 radical (unpaired) electrons. The van der Waals surface area contributed by atoms with Crippen molar-refractivity contribution in [3.8, 4) is 6.07 Å². The van der Waals surface area contributed by atoms with E-state index in [0.29, 0.717) is 6.42 Å². The van der Waals surface area contributed by atoms with Crippen LogP contribution < -0.4 is 0 Å². The lowest BCUT2D eigenvalue weighted by molar-refractivity contribution is 0.336. The molecule has 122 valence electrons. The highest BCUT2D eigenvalue weighted by atomic mass is 15.1. The van der Waals surface area contributed by atoms with Crippen molar-refractivity contribution in [3.05, 3.63) is 23.7 Å². The van der Waals surface area contributed by atoms with Crippen LogP contribution in [-0.2, 0) is 13.0 Å². The maximum absolute atomic E-state index is 8.80. The van der Waals surface area contributed by atoms with Gasteiger partial charge < -0.3 is 4.57 Å². The minimum Gasteiger partial charge on any atom is -0.313 e. The van der Waals surface area contributed by atoms with E-state index in [4.69, 9.17) is 10.2 Å². The van der Waals surface area contributed by atoms with Crippen molar-refractivity contribution >= 4 is 11.2 Å². The Morgan fingerprint density at radius 1 is 1.30 bits per heavy atom. The van der Waals surface area contributed by atoms with Crippen LogP contribution in [-0.4, -0.2) is 14.5 Å². The van der Waals surface area contributed by atoms with Gasteiger partial charge in [-0.15, -0.1) is 0 Å². The molecule has 1 aliphatic carbocycles. The van der Waals surface area contributed by atoms with Gasteiger partial charge in [0.2, 0.25) is 0 Å². The summed E-state index contributed by atoms with van der Waals surface area (Å²) in [7, 11) is 0. The van der Waals surface area contributed by atoms with Gasteiger partial charge in [-0.25, -0.2) is 9.97 Å². The predicted octanol–water partition coefficient (Wildman–Crippen LogP) is 4.56. The molecule has 1 fully saturated rings. The summed E-state index contributed by atoms with van der Waals surface area (Å²) in [5, 5.41) is 8.80. The van der Waals surface area contributed by atoms with Gasteiger partial charge in [0.15, 0.2) is 5.65 Å².